The summed E-state index contributed by atoms with van der Waals surface area (Å²) in [5, 5.41) is 10.2. The van der Waals surface area contributed by atoms with Crippen LogP contribution < -0.4 is 9.47 Å². The molecule has 1 amide bonds. The lowest BCUT2D eigenvalue weighted by Crippen LogP contribution is -2.51. The Labute approximate surface area is 155 Å². The van der Waals surface area contributed by atoms with Crippen molar-refractivity contribution in [2.24, 2.45) is 0 Å². The molecule has 7 heteroatoms. The molecule has 0 saturated carbocycles. The van der Waals surface area contributed by atoms with Gasteiger partial charge in [0.2, 0.25) is 0 Å². The summed E-state index contributed by atoms with van der Waals surface area (Å²) in [5.74, 6) is 1.46. The molecular formula is C19H30N2O5. The Kier molecular flexibility index (Phi) is 7.11. The Bertz CT molecular complexity index is 562. The third-order valence-electron chi connectivity index (χ3n) is 3.99. The molecule has 1 aliphatic heterocycles. The van der Waals surface area contributed by atoms with Crippen molar-refractivity contribution in [1.82, 2.24) is 9.80 Å². The van der Waals surface area contributed by atoms with E-state index >= 15 is 0 Å². The van der Waals surface area contributed by atoms with Crippen LogP contribution in [0, 0.1) is 0 Å². The maximum absolute atomic E-state index is 12.1. The number of benzene rings is 1. The third-order valence-corrected chi connectivity index (χ3v) is 3.99. The molecule has 1 aromatic rings. The molecule has 0 radical (unpaired) electrons. The second kappa shape index (κ2) is 9.09. The molecule has 1 heterocycles. The third kappa shape index (κ3) is 6.72. The van der Waals surface area contributed by atoms with Crippen molar-refractivity contribution in [2.45, 2.75) is 32.5 Å². The second-order valence-electron chi connectivity index (χ2n) is 7.41. The standard InChI is InChI=1S/C19H30N2O5/c1-19(2,3)26-18(23)21-11-9-20(10-12-21)13-15(22)14-25-17-7-5-16(24-4)6-8-17/h5-8,15,22H,9-14H2,1-4H3. The van der Waals surface area contributed by atoms with Crippen LogP contribution in [-0.2, 0) is 4.74 Å². The lowest BCUT2D eigenvalue weighted by Gasteiger charge is -2.36. The fraction of sp³-hybridized carbons (Fsp3) is 0.632. The summed E-state index contributed by atoms with van der Waals surface area (Å²) >= 11 is 0. The van der Waals surface area contributed by atoms with Crippen LogP contribution in [-0.4, -0.2) is 79.1 Å². The highest BCUT2D eigenvalue weighted by Crippen LogP contribution is 2.17. The number of piperazine rings is 1. The van der Waals surface area contributed by atoms with Crippen LogP contribution in [0.4, 0.5) is 4.79 Å². The first kappa shape index (κ1) is 20.3. The average molecular weight is 366 g/mol. The van der Waals surface area contributed by atoms with E-state index < -0.39 is 11.7 Å². The molecule has 0 spiro atoms. The van der Waals surface area contributed by atoms with E-state index in [1.807, 2.05) is 45.0 Å². The molecule has 1 aliphatic rings. The molecular weight excluding hydrogens is 336 g/mol. The smallest absolute Gasteiger partial charge is 0.410 e. The van der Waals surface area contributed by atoms with Gasteiger partial charge in [0.15, 0.2) is 0 Å². The number of carbonyl (C=O) groups is 1. The van der Waals surface area contributed by atoms with Crippen LogP contribution in [0.2, 0.25) is 0 Å². The molecule has 0 aliphatic carbocycles. The summed E-state index contributed by atoms with van der Waals surface area (Å²) in [6.07, 6.45) is -0.870. The number of methoxy groups -OCH3 is 1. The Morgan fingerprint density at radius 2 is 1.69 bits per heavy atom. The summed E-state index contributed by atoms with van der Waals surface area (Å²) in [4.78, 5) is 15.9. The maximum Gasteiger partial charge on any atom is 0.410 e. The molecule has 1 aromatic carbocycles. The molecule has 0 aromatic heterocycles. The molecule has 1 fully saturated rings. The van der Waals surface area contributed by atoms with Gasteiger partial charge in [0.25, 0.3) is 0 Å². The quantitative estimate of drug-likeness (QED) is 0.830. The Balaban J connectivity index is 1.68. The monoisotopic (exact) mass is 366 g/mol. The number of aliphatic hydroxyl groups is 1. The van der Waals surface area contributed by atoms with Gasteiger partial charge in [-0.2, -0.15) is 0 Å². The van der Waals surface area contributed by atoms with Crippen LogP contribution in [0.25, 0.3) is 0 Å². The van der Waals surface area contributed by atoms with Crippen LogP contribution in [0.5, 0.6) is 11.5 Å². The maximum atomic E-state index is 12.1. The minimum atomic E-state index is -0.592. The van der Waals surface area contributed by atoms with E-state index in [1.165, 1.54) is 0 Å². The van der Waals surface area contributed by atoms with Crippen molar-refractivity contribution in [3.8, 4) is 11.5 Å². The van der Waals surface area contributed by atoms with Gasteiger partial charge in [-0.05, 0) is 45.0 Å². The minimum absolute atomic E-state index is 0.221. The predicted molar refractivity (Wildman–Crippen MR) is 98.7 cm³/mol. The lowest BCUT2D eigenvalue weighted by molar-refractivity contribution is 0.00713. The zero-order valence-electron chi connectivity index (χ0n) is 16.1. The highest BCUT2D eigenvalue weighted by atomic mass is 16.6. The molecule has 0 bridgehead atoms. The van der Waals surface area contributed by atoms with E-state index in [0.717, 1.165) is 5.75 Å². The van der Waals surface area contributed by atoms with Crippen molar-refractivity contribution >= 4 is 6.09 Å². The molecule has 1 saturated heterocycles. The summed E-state index contributed by atoms with van der Waals surface area (Å²) in [6, 6.07) is 7.26. The zero-order valence-corrected chi connectivity index (χ0v) is 16.1. The Morgan fingerprint density at radius 1 is 1.12 bits per heavy atom. The van der Waals surface area contributed by atoms with Crippen molar-refractivity contribution in [3.05, 3.63) is 24.3 Å². The van der Waals surface area contributed by atoms with Crippen molar-refractivity contribution in [3.63, 3.8) is 0 Å². The predicted octanol–water partition coefficient (Wildman–Crippen LogP) is 1.99. The number of β-amino-alcohol motifs (C(OH)–C–C–N with tert-alkyl or cyclic N) is 1. The van der Waals surface area contributed by atoms with Gasteiger partial charge >= 0.3 is 6.09 Å². The Hall–Kier alpha value is -1.99. The molecule has 26 heavy (non-hydrogen) atoms. The SMILES string of the molecule is COc1ccc(OCC(O)CN2CCN(C(=O)OC(C)(C)C)CC2)cc1. The number of hydrogen-bond donors (Lipinski definition) is 1. The van der Waals surface area contributed by atoms with Crippen molar-refractivity contribution in [2.75, 3.05) is 46.4 Å². The van der Waals surface area contributed by atoms with Crippen LogP contribution in [0.1, 0.15) is 20.8 Å². The van der Waals surface area contributed by atoms with Gasteiger partial charge in [-0.1, -0.05) is 0 Å². The van der Waals surface area contributed by atoms with E-state index in [4.69, 9.17) is 14.2 Å². The number of aliphatic hydroxyl groups excluding tert-OH is 1. The number of carbonyl (C=O) groups excluding carboxylic acids is 1. The van der Waals surface area contributed by atoms with Crippen LogP contribution in [0.3, 0.4) is 0 Å². The summed E-state index contributed by atoms with van der Waals surface area (Å²) in [5.41, 5.74) is -0.483. The molecule has 1 unspecified atom stereocenters. The number of ether oxygens (including phenoxy) is 3. The van der Waals surface area contributed by atoms with Crippen LogP contribution in [0.15, 0.2) is 24.3 Å². The first-order chi connectivity index (χ1) is 12.3. The van der Waals surface area contributed by atoms with Gasteiger partial charge in [0, 0.05) is 32.7 Å². The topological polar surface area (TPSA) is 71.5 Å². The van der Waals surface area contributed by atoms with Crippen molar-refractivity contribution < 1.29 is 24.1 Å². The molecule has 146 valence electrons. The van der Waals surface area contributed by atoms with Gasteiger partial charge in [0.1, 0.15) is 29.8 Å². The average Bonchev–Trinajstić information content (AvgIpc) is 2.59. The molecule has 2 rings (SSSR count). The van der Waals surface area contributed by atoms with E-state index in [0.29, 0.717) is 38.5 Å². The fourth-order valence-corrected chi connectivity index (χ4v) is 2.65. The number of nitrogens with zero attached hydrogens (tertiary/aromatic N) is 2. The zero-order chi connectivity index (χ0) is 19.2. The van der Waals surface area contributed by atoms with Crippen molar-refractivity contribution in [1.29, 1.82) is 0 Å². The van der Waals surface area contributed by atoms with Gasteiger partial charge < -0.3 is 24.2 Å². The number of hydrogen-bond acceptors (Lipinski definition) is 6. The first-order valence-corrected chi connectivity index (χ1v) is 8.92. The minimum Gasteiger partial charge on any atom is -0.497 e. The van der Waals surface area contributed by atoms with Gasteiger partial charge in [0.05, 0.1) is 7.11 Å². The lowest BCUT2D eigenvalue weighted by atomic mass is 10.2. The molecule has 7 nitrogen and oxygen atoms in total. The summed E-state index contributed by atoms with van der Waals surface area (Å²) in [7, 11) is 1.61. The first-order valence-electron chi connectivity index (χ1n) is 8.92. The van der Waals surface area contributed by atoms with Gasteiger partial charge in [-0.15, -0.1) is 0 Å². The number of amides is 1. The largest absolute Gasteiger partial charge is 0.497 e. The van der Waals surface area contributed by atoms with E-state index in [1.54, 1.807) is 12.0 Å². The van der Waals surface area contributed by atoms with E-state index in [2.05, 4.69) is 4.90 Å². The normalized spacial score (nSPS) is 16.9. The Morgan fingerprint density at radius 3 is 2.23 bits per heavy atom. The van der Waals surface area contributed by atoms with Gasteiger partial charge in [-0.25, -0.2) is 4.79 Å². The summed E-state index contributed by atoms with van der Waals surface area (Å²) in [6.45, 7) is 8.93. The van der Waals surface area contributed by atoms with Gasteiger partial charge in [-0.3, -0.25) is 4.90 Å². The van der Waals surface area contributed by atoms with E-state index in [9.17, 15) is 9.90 Å². The molecule has 1 atom stereocenters. The second-order valence-corrected chi connectivity index (χ2v) is 7.41. The summed E-state index contributed by atoms with van der Waals surface area (Å²) < 4.78 is 16.1. The van der Waals surface area contributed by atoms with Crippen LogP contribution >= 0.6 is 0 Å². The van der Waals surface area contributed by atoms with E-state index in [-0.39, 0.29) is 12.7 Å². The highest BCUT2D eigenvalue weighted by Gasteiger charge is 2.26. The number of rotatable bonds is 6. The molecule has 1 N–H and O–H groups in total. The highest BCUT2D eigenvalue weighted by molar-refractivity contribution is 5.68. The fourth-order valence-electron chi connectivity index (χ4n) is 2.65.